The van der Waals surface area contributed by atoms with Crippen molar-refractivity contribution in [3.05, 3.63) is 306 Å². The number of phenolic OH excluding ortho intramolecular Hbond substituents is 2. The van der Waals surface area contributed by atoms with Crippen molar-refractivity contribution in [2.75, 3.05) is 39.6 Å². The van der Waals surface area contributed by atoms with Crippen LogP contribution in [0.1, 0.15) is 168 Å². The molecule has 128 heavy (non-hydrogen) atoms. The molecule has 3 aromatic heterocycles. The normalized spacial score (nSPS) is 12.2. The Morgan fingerprint density at radius 2 is 0.750 bits per heavy atom. The fourth-order valence-corrected chi connectivity index (χ4v) is 16.5. The van der Waals surface area contributed by atoms with E-state index in [0.717, 1.165) is 187 Å². The molecule has 1 aliphatic heterocycles. The number of benzene rings is 10. The first-order valence-corrected chi connectivity index (χ1v) is 47.3. The van der Waals surface area contributed by atoms with Crippen molar-refractivity contribution in [2.45, 2.75) is 178 Å². The number of para-hydroxylation sites is 3. The van der Waals surface area contributed by atoms with Crippen LogP contribution in [0.3, 0.4) is 0 Å². The second kappa shape index (κ2) is 50.7. The largest absolute Gasteiger partial charge is 1.00 e. The third kappa shape index (κ3) is 28.2. The van der Waals surface area contributed by atoms with Gasteiger partial charge < -0.3 is 76.8 Å². The van der Waals surface area contributed by atoms with E-state index in [2.05, 4.69) is 129 Å². The maximum Gasteiger partial charge on any atom is 1.00 e. The van der Waals surface area contributed by atoms with Crippen molar-refractivity contribution in [2.24, 2.45) is 0 Å². The zero-order chi connectivity index (χ0) is 90.1. The van der Waals surface area contributed by atoms with Gasteiger partial charge in [0.05, 0.1) is 60.6 Å². The zero-order valence-electron chi connectivity index (χ0n) is 75.9. The molecule has 13 aromatic rings. The average molecular weight is 1860 g/mol. The van der Waals surface area contributed by atoms with E-state index in [1.807, 2.05) is 180 Å². The molecule has 0 radical (unpaired) electrons. The van der Waals surface area contributed by atoms with Crippen LogP contribution in [0.5, 0.6) is 86.2 Å². The summed E-state index contributed by atoms with van der Waals surface area (Å²) in [6.07, 6.45) is 9.82. The summed E-state index contributed by atoms with van der Waals surface area (Å²) in [5.41, 5.74) is 11.2. The number of ether oxygens (including phenoxy) is 10. The van der Waals surface area contributed by atoms with Crippen LogP contribution in [0.15, 0.2) is 250 Å². The molecule has 1 saturated heterocycles. The Morgan fingerprint density at radius 3 is 1.12 bits per heavy atom. The van der Waals surface area contributed by atoms with Gasteiger partial charge >= 0.3 is 36.7 Å². The van der Waals surface area contributed by atoms with Gasteiger partial charge in [0.2, 0.25) is 0 Å². The smallest absolute Gasteiger partial charge is 0.545 e. The molecule has 16 nitrogen and oxygen atoms in total. The number of carboxylic acids is 1. The van der Waals surface area contributed by atoms with Gasteiger partial charge in [-0.2, -0.15) is 0 Å². The summed E-state index contributed by atoms with van der Waals surface area (Å²) in [7, 11) is -0.540. The second-order valence-corrected chi connectivity index (χ2v) is 35.7. The Hall–Kier alpha value is -10.2. The molecule has 0 bridgehead atoms. The summed E-state index contributed by atoms with van der Waals surface area (Å²) in [4.78, 5) is 13.6. The number of carbonyl (C=O) groups is 1. The number of thiophene rings is 3. The number of rotatable bonds is 40. The average Bonchev–Trinajstić information content (AvgIpc) is 1.60. The molecule has 14 rings (SSSR count). The molecular formula is C106H117BBrNaO16S3. The fraction of sp³-hybridized carbons (Fsp3) is 0.311. The summed E-state index contributed by atoms with van der Waals surface area (Å²) in [6.45, 7) is 28.4. The Balaban J connectivity index is 0.000000194. The number of hydrogen-bond acceptors (Lipinski definition) is 19. The monoisotopic (exact) mass is 1850 g/mol. The molecule has 1 fully saturated rings. The minimum absolute atomic E-state index is 0. The van der Waals surface area contributed by atoms with E-state index >= 15 is 0 Å². The molecule has 0 spiro atoms. The van der Waals surface area contributed by atoms with Gasteiger partial charge in [0, 0.05) is 86.1 Å². The molecule has 0 aliphatic carbocycles. The Labute approximate surface area is 799 Å². The summed E-state index contributed by atoms with van der Waals surface area (Å²) in [6, 6.07) is 73.8. The number of hydrogen-bond donors (Lipinski definition) is 2. The molecule has 1 aliphatic rings. The third-order valence-corrected chi connectivity index (χ3v) is 24.9. The third-order valence-electron chi connectivity index (χ3n) is 21.6. The van der Waals surface area contributed by atoms with E-state index in [1.54, 1.807) is 64.3 Å². The van der Waals surface area contributed by atoms with E-state index < -0.39 is 24.3 Å². The second-order valence-electron chi connectivity index (χ2n) is 31.5. The van der Waals surface area contributed by atoms with Gasteiger partial charge in [-0.3, -0.25) is 0 Å². The molecule has 666 valence electrons. The first-order chi connectivity index (χ1) is 61.6. The van der Waals surface area contributed by atoms with E-state index in [9.17, 15) is 20.1 Å². The first kappa shape index (κ1) is 100.0. The van der Waals surface area contributed by atoms with Crippen LogP contribution in [-0.2, 0) is 54.4 Å². The quantitative estimate of drug-likeness (QED) is 0.0272. The fourth-order valence-electron chi connectivity index (χ4n) is 14.1. The van der Waals surface area contributed by atoms with E-state index in [1.165, 1.54) is 9.85 Å². The predicted molar refractivity (Wildman–Crippen MR) is 517 cm³/mol. The number of carboxylic acid groups (broad SMARTS) is 1. The van der Waals surface area contributed by atoms with Gasteiger partial charge in [-0.15, -0.1) is 34.0 Å². The number of aromatic hydroxyl groups is 2. The Kier molecular flexibility index (Phi) is 39.6. The van der Waals surface area contributed by atoms with Gasteiger partial charge in [-0.05, 0) is 237 Å². The summed E-state index contributed by atoms with van der Waals surface area (Å²) in [5.74, 6) is 8.68. The Bertz CT molecular complexity index is 5570. The van der Waals surface area contributed by atoms with Crippen molar-refractivity contribution >= 4 is 68.5 Å². The summed E-state index contributed by atoms with van der Waals surface area (Å²) in [5, 5.41) is 38.6. The van der Waals surface area contributed by atoms with Crippen LogP contribution < -0.4 is 87.5 Å². The zero-order valence-corrected chi connectivity index (χ0v) is 81.9. The number of carbonyl (C=O) groups excluding carboxylic acids is 1. The molecule has 22 heteroatoms. The number of aryl methyl sites for hydroxylation is 5. The van der Waals surface area contributed by atoms with E-state index in [-0.39, 0.29) is 52.4 Å². The standard InChI is InChI=1S/C40H49BO6.C31H32O6S.C31H34O4S.C4H3BrS.Na/c1-8-17-32-35(22-15-23-36(32)45-34-21-14-13-18-29(34)3)42-24-16-25-43-37-27-38(44-28-30-19-11-10-12-20-30)33(26-31(37)9-2)41-46-39(4,5)40(6,7)47-41;1-3-10-22-26(13-7-14-27(22)37-28-12-6-5-11-23(28)31(33)34)35-16-9-17-36-29-20-25(32)24(19-21(29)4-2)30-15-8-18-38-30;1-4-11-24-28(14-8-15-29(24)35-27-13-7-6-12-22(27)3)33-17-10-18-34-30-21-26(32)25(20-23(30)5-2)31-16-9-19-36-31;5-4-2-1-3-6-4;/h10-15,18-23,26-27H,8-9,16-17,24-25,28H2,1-7H3;5-8,11-15,18-20,32H,3-4,9-10,16-17H2,1-2H3,(H,33,34);6-9,12-16,19-21,32H,4-5,10-11,17-18H2,1-3H3;1-3H;/q;;;;+1/p-1. The van der Waals surface area contributed by atoms with Crippen molar-refractivity contribution in [1.82, 2.24) is 0 Å². The van der Waals surface area contributed by atoms with Crippen LogP contribution in [-0.4, -0.2) is 74.1 Å². The van der Waals surface area contributed by atoms with Gasteiger partial charge in [0.1, 0.15) is 92.8 Å². The number of halogens is 1. The molecule has 2 N–H and O–H groups in total. The van der Waals surface area contributed by atoms with Crippen molar-refractivity contribution in [3.8, 4) is 107 Å². The van der Waals surface area contributed by atoms with Gasteiger partial charge in [0.25, 0.3) is 0 Å². The van der Waals surface area contributed by atoms with Crippen LogP contribution in [0.2, 0.25) is 0 Å². The van der Waals surface area contributed by atoms with Gasteiger partial charge in [0.15, 0.2) is 0 Å². The van der Waals surface area contributed by atoms with Crippen LogP contribution in [0.4, 0.5) is 0 Å². The maximum absolute atomic E-state index is 11.5. The molecule has 0 unspecified atom stereocenters. The molecular weight excluding hydrogens is 1740 g/mol. The van der Waals surface area contributed by atoms with Crippen molar-refractivity contribution in [3.63, 3.8) is 0 Å². The van der Waals surface area contributed by atoms with Crippen LogP contribution in [0, 0.1) is 13.8 Å². The topological polar surface area (TPSA) is 191 Å². The predicted octanol–water partition coefficient (Wildman–Crippen LogP) is 23.8. The van der Waals surface area contributed by atoms with Crippen LogP contribution >= 0.6 is 49.9 Å². The van der Waals surface area contributed by atoms with Gasteiger partial charge in [-0.25, -0.2) is 0 Å². The SMILES string of the molecule is Brc1cccs1.CCCc1c(OCCCOc2cc(O)c(-c3cccs3)cc2CC)cccc1Oc1ccccc1C.CCCc1c(OCCCOc2cc(O)c(-c3cccs3)cc2CC)cccc1Oc1ccccc1C(=O)[O-].CCCc1c(OCCCOc2cc(OCc3ccccc3)c(B3OC(C)(C)C(C)(C)O3)cc2CC)cccc1Oc1ccccc1C.[Na+]. The minimum Gasteiger partial charge on any atom is -0.545 e. The summed E-state index contributed by atoms with van der Waals surface area (Å²) < 4.78 is 76.1. The number of aromatic carboxylic acids is 1. The number of phenols is 2. The maximum atomic E-state index is 11.5. The van der Waals surface area contributed by atoms with E-state index in [0.29, 0.717) is 82.1 Å². The van der Waals surface area contributed by atoms with Gasteiger partial charge in [-0.1, -0.05) is 182 Å². The first-order valence-electron chi connectivity index (χ1n) is 43.9. The molecule has 4 heterocycles. The minimum atomic E-state index is -1.29. The molecule has 10 aromatic carbocycles. The van der Waals surface area contributed by atoms with Crippen LogP contribution in [0.25, 0.3) is 20.9 Å². The molecule has 0 atom stereocenters. The summed E-state index contributed by atoms with van der Waals surface area (Å²) >= 11 is 8.20. The molecule has 0 saturated carbocycles. The molecule has 0 amide bonds. The van der Waals surface area contributed by atoms with Crippen molar-refractivity contribution in [1.29, 1.82) is 0 Å². The van der Waals surface area contributed by atoms with E-state index in [4.69, 9.17) is 56.7 Å². The van der Waals surface area contributed by atoms with Crippen molar-refractivity contribution < 1.29 is 106 Å². The Morgan fingerprint density at radius 1 is 0.391 bits per heavy atom.